The van der Waals surface area contributed by atoms with Gasteiger partial charge < -0.3 is 4.74 Å². The number of rotatable bonds is 2. The molecule has 0 aliphatic carbocycles. The van der Waals surface area contributed by atoms with Crippen LogP contribution in [0.1, 0.15) is 6.92 Å². The first-order valence-electron chi connectivity index (χ1n) is 5.03. The molecule has 18 heavy (non-hydrogen) atoms. The van der Waals surface area contributed by atoms with Crippen molar-refractivity contribution in [2.45, 2.75) is 11.8 Å². The molecule has 2 aromatic rings. The number of esters is 1. The predicted octanol–water partition coefficient (Wildman–Crippen LogP) is 2.69. The number of hydrogen-bond donors (Lipinski definition) is 0. The van der Waals surface area contributed by atoms with Crippen molar-refractivity contribution in [2.24, 2.45) is 0 Å². The molecule has 0 saturated heterocycles. The van der Waals surface area contributed by atoms with E-state index < -0.39 is 15.0 Å². The van der Waals surface area contributed by atoms with Gasteiger partial charge in [0.05, 0.1) is 4.90 Å². The maximum absolute atomic E-state index is 11.2. The van der Waals surface area contributed by atoms with E-state index in [0.717, 1.165) is 5.39 Å². The van der Waals surface area contributed by atoms with Crippen molar-refractivity contribution in [3.8, 4) is 5.75 Å². The fraction of sp³-hybridized carbons (Fsp3) is 0.0833. The maximum atomic E-state index is 11.2. The van der Waals surface area contributed by atoms with Crippen LogP contribution in [0.4, 0.5) is 0 Å². The van der Waals surface area contributed by atoms with E-state index in [1.807, 2.05) is 0 Å². The van der Waals surface area contributed by atoms with Gasteiger partial charge in [-0.3, -0.25) is 4.79 Å². The van der Waals surface area contributed by atoms with E-state index in [-0.39, 0.29) is 4.90 Å². The number of hydrogen-bond acceptors (Lipinski definition) is 4. The molecule has 4 nitrogen and oxygen atoms in total. The minimum Gasteiger partial charge on any atom is -0.427 e. The van der Waals surface area contributed by atoms with Gasteiger partial charge in [0, 0.05) is 17.6 Å². The lowest BCUT2D eigenvalue weighted by Crippen LogP contribution is -2.00. The Balaban J connectivity index is 2.52. The molecule has 0 saturated carbocycles. The number of halogens is 1. The molecule has 6 heteroatoms. The van der Waals surface area contributed by atoms with Crippen molar-refractivity contribution in [3.63, 3.8) is 0 Å². The van der Waals surface area contributed by atoms with Gasteiger partial charge >= 0.3 is 5.97 Å². The summed E-state index contributed by atoms with van der Waals surface area (Å²) < 4.78 is 27.3. The summed E-state index contributed by atoms with van der Waals surface area (Å²) in [5, 5.41) is 1.46. The van der Waals surface area contributed by atoms with Crippen LogP contribution in [0.25, 0.3) is 10.8 Å². The zero-order valence-electron chi connectivity index (χ0n) is 9.38. The van der Waals surface area contributed by atoms with Crippen molar-refractivity contribution in [1.82, 2.24) is 0 Å². The van der Waals surface area contributed by atoms with Gasteiger partial charge in [-0.1, -0.05) is 12.1 Å². The van der Waals surface area contributed by atoms with Gasteiger partial charge in [-0.25, -0.2) is 8.42 Å². The first-order valence-corrected chi connectivity index (χ1v) is 7.34. The average Bonchev–Trinajstić information content (AvgIpc) is 2.26. The van der Waals surface area contributed by atoms with Gasteiger partial charge in [-0.05, 0) is 35.0 Å². The summed E-state index contributed by atoms with van der Waals surface area (Å²) in [7, 11) is 1.53. The number of carbonyl (C=O) groups excluding carboxylic acids is 1. The molecule has 0 heterocycles. The molecular formula is C12H9ClO4S. The van der Waals surface area contributed by atoms with E-state index in [4.69, 9.17) is 15.4 Å². The van der Waals surface area contributed by atoms with Gasteiger partial charge in [0.2, 0.25) is 0 Å². The highest BCUT2D eigenvalue weighted by atomic mass is 35.7. The number of ether oxygens (including phenoxy) is 1. The highest BCUT2D eigenvalue weighted by molar-refractivity contribution is 8.13. The van der Waals surface area contributed by atoms with Gasteiger partial charge in [0.25, 0.3) is 9.05 Å². The van der Waals surface area contributed by atoms with Crippen molar-refractivity contribution in [1.29, 1.82) is 0 Å². The van der Waals surface area contributed by atoms with Crippen molar-refractivity contribution < 1.29 is 17.9 Å². The largest absolute Gasteiger partial charge is 0.427 e. The van der Waals surface area contributed by atoms with Crippen molar-refractivity contribution >= 4 is 36.5 Å². The summed E-state index contributed by atoms with van der Waals surface area (Å²) in [4.78, 5) is 10.9. The lowest BCUT2D eigenvalue weighted by Gasteiger charge is -2.04. The molecule has 0 aliphatic rings. The summed E-state index contributed by atoms with van der Waals surface area (Å²) in [6.45, 7) is 1.31. The zero-order valence-corrected chi connectivity index (χ0v) is 11.0. The second-order valence-corrected chi connectivity index (χ2v) is 6.27. The van der Waals surface area contributed by atoms with Gasteiger partial charge in [0.1, 0.15) is 5.75 Å². The summed E-state index contributed by atoms with van der Waals surface area (Å²) in [5.74, 6) is 0.00536. The Bertz CT molecular complexity index is 722. The molecule has 0 bridgehead atoms. The standard InChI is InChI=1S/C12H9ClO4S/c1-8(14)17-11-4-2-10-7-12(18(13,15)16)5-3-9(10)6-11/h2-7H,1H3. The third-order valence-electron chi connectivity index (χ3n) is 2.33. The van der Waals surface area contributed by atoms with E-state index >= 15 is 0 Å². The van der Waals surface area contributed by atoms with Crippen LogP contribution < -0.4 is 4.74 Å². The third-order valence-corrected chi connectivity index (χ3v) is 3.68. The lowest BCUT2D eigenvalue weighted by atomic mass is 10.1. The summed E-state index contributed by atoms with van der Waals surface area (Å²) >= 11 is 0. The monoisotopic (exact) mass is 284 g/mol. The number of benzene rings is 2. The van der Waals surface area contributed by atoms with Gasteiger partial charge in [-0.2, -0.15) is 0 Å². The molecule has 0 unspecified atom stereocenters. The van der Waals surface area contributed by atoms with Crippen LogP contribution in [0.5, 0.6) is 5.75 Å². The second kappa shape index (κ2) is 4.59. The molecule has 0 fully saturated rings. The first kappa shape index (κ1) is 12.9. The quantitative estimate of drug-likeness (QED) is 0.483. The molecule has 0 N–H and O–H groups in total. The number of carbonyl (C=O) groups is 1. The summed E-state index contributed by atoms with van der Waals surface area (Å²) in [6, 6.07) is 9.39. The van der Waals surface area contributed by atoms with E-state index in [9.17, 15) is 13.2 Å². The highest BCUT2D eigenvalue weighted by Crippen LogP contribution is 2.25. The van der Waals surface area contributed by atoms with Crippen LogP contribution >= 0.6 is 10.7 Å². The SMILES string of the molecule is CC(=O)Oc1ccc2cc(S(=O)(=O)Cl)ccc2c1. The molecule has 0 aromatic heterocycles. The highest BCUT2D eigenvalue weighted by Gasteiger charge is 2.10. The molecule has 2 rings (SSSR count). The van der Waals surface area contributed by atoms with Gasteiger partial charge in [0.15, 0.2) is 0 Å². The second-order valence-electron chi connectivity index (χ2n) is 3.70. The maximum Gasteiger partial charge on any atom is 0.308 e. The van der Waals surface area contributed by atoms with E-state index in [1.54, 1.807) is 24.3 Å². The Morgan fingerprint density at radius 2 is 1.72 bits per heavy atom. The van der Waals surface area contributed by atoms with Crippen LogP contribution in [0.15, 0.2) is 41.3 Å². The van der Waals surface area contributed by atoms with Crippen molar-refractivity contribution in [3.05, 3.63) is 36.4 Å². The fourth-order valence-corrected chi connectivity index (χ4v) is 2.37. The van der Waals surface area contributed by atoms with Crippen LogP contribution in [-0.2, 0) is 13.8 Å². The Morgan fingerprint density at radius 1 is 1.11 bits per heavy atom. The third kappa shape index (κ3) is 2.80. The Morgan fingerprint density at radius 3 is 2.33 bits per heavy atom. The molecule has 0 amide bonds. The molecule has 0 atom stereocenters. The lowest BCUT2D eigenvalue weighted by molar-refractivity contribution is -0.131. The van der Waals surface area contributed by atoms with Crippen molar-refractivity contribution in [2.75, 3.05) is 0 Å². The Labute approximate surface area is 109 Å². The fourth-order valence-electron chi connectivity index (χ4n) is 1.58. The topological polar surface area (TPSA) is 60.4 Å². The first-order chi connectivity index (χ1) is 8.36. The molecule has 0 aliphatic heterocycles. The molecule has 94 valence electrons. The predicted molar refractivity (Wildman–Crippen MR) is 68.3 cm³/mol. The Kier molecular flexibility index (Phi) is 3.28. The van der Waals surface area contributed by atoms with Crippen LogP contribution in [-0.4, -0.2) is 14.4 Å². The van der Waals surface area contributed by atoms with E-state index in [1.165, 1.54) is 19.1 Å². The minimum absolute atomic E-state index is 0.0388. The average molecular weight is 285 g/mol. The zero-order chi connectivity index (χ0) is 13.3. The molecule has 2 aromatic carbocycles. The van der Waals surface area contributed by atoms with Crippen LogP contribution in [0.2, 0.25) is 0 Å². The van der Waals surface area contributed by atoms with Crippen LogP contribution in [0, 0.1) is 0 Å². The summed E-state index contributed by atoms with van der Waals surface area (Å²) in [6.07, 6.45) is 0. The molecule has 0 spiro atoms. The molecule has 0 radical (unpaired) electrons. The molecular weight excluding hydrogens is 276 g/mol. The van der Waals surface area contributed by atoms with Crippen LogP contribution in [0.3, 0.4) is 0 Å². The normalized spacial score (nSPS) is 11.4. The summed E-state index contributed by atoms with van der Waals surface area (Å²) in [5.41, 5.74) is 0. The van der Waals surface area contributed by atoms with Gasteiger partial charge in [-0.15, -0.1) is 0 Å². The number of fused-ring (bicyclic) bond motifs is 1. The smallest absolute Gasteiger partial charge is 0.308 e. The van der Waals surface area contributed by atoms with E-state index in [0.29, 0.717) is 11.1 Å². The van der Waals surface area contributed by atoms with E-state index in [2.05, 4.69) is 0 Å². The minimum atomic E-state index is -3.74. The Hall–Kier alpha value is -1.59.